The van der Waals surface area contributed by atoms with Gasteiger partial charge in [-0.3, -0.25) is 24.1 Å². The minimum absolute atomic E-state index is 0.184. The van der Waals surface area contributed by atoms with E-state index in [9.17, 15) is 19.2 Å². The Kier molecular flexibility index (Phi) is 10.0. The number of benzene rings is 3. The summed E-state index contributed by atoms with van der Waals surface area (Å²) in [6.45, 7) is 7.56. The van der Waals surface area contributed by atoms with Crippen molar-refractivity contribution in [3.63, 3.8) is 0 Å². The van der Waals surface area contributed by atoms with Crippen molar-refractivity contribution in [2.24, 2.45) is 0 Å². The number of nitrogens with one attached hydrogen (secondary N) is 2. The van der Waals surface area contributed by atoms with E-state index < -0.39 is 23.6 Å². The predicted octanol–water partition coefficient (Wildman–Crippen LogP) is 5.96. The molecular weight excluding hydrogens is 554 g/mol. The van der Waals surface area contributed by atoms with E-state index in [0.29, 0.717) is 35.0 Å². The molecule has 42 heavy (non-hydrogen) atoms. The van der Waals surface area contributed by atoms with Gasteiger partial charge in [-0.1, -0.05) is 31.2 Å². The minimum atomic E-state index is -0.553. The Bertz CT molecular complexity index is 1530. The van der Waals surface area contributed by atoms with Crippen LogP contribution >= 0.6 is 11.8 Å². The van der Waals surface area contributed by atoms with Gasteiger partial charge in [0.25, 0.3) is 17.1 Å². The maximum atomic E-state index is 13.0. The summed E-state index contributed by atoms with van der Waals surface area (Å²) in [7, 11) is 0. The highest BCUT2D eigenvalue weighted by Crippen LogP contribution is 2.34. The number of aryl methyl sites for hydroxylation is 3. The highest BCUT2D eigenvalue weighted by molar-refractivity contribution is 8.18. The lowest BCUT2D eigenvalue weighted by molar-refractivity contribution is -0.127. The Morgan fingerprint density at radius 3 is 2.24 bits per heavy atom. The van der Waals surface area contributed by atoms with E-state index in [1.54, 1.807) is 36.4 Å². The maximum absolute atomic E-state index is 13.0. The zero-order valence-corrected chi connectivity index (χ0v) is 24.8. The standard InChI is InChI=1S/C32H33N3O6S/c1-5-22-8-12-24(13-9-22)33-29(36)18-35-31(38)28(42-32(35)39)17-23-10-14-26(27(16-23)40-6-2)41-19-30(37)34-25-11-7-20(3)21(4)15-25/h7-17H,5-6,18-19H2,1-4H3,(H,33,36)(H,34,37)/b28-17+. The van der Waals surface area contributed by atoms with Gasteiger partial charge in [0, 0.05) is 11.4 Å². The van der Waals surface area contributed by atoms with Crippen molar-refractivity contribution in [3.8, 4) is 11.5 Å². The van der Waals surface area contributed by atoms with E-state index in [2.05, 4.69) is 10.6 Å². The molecule has 218 valence electrons. The summed E-state index contributed by atoms with van der Waals surface area (Å²) in [5.74, 6) is -0.591. The zero-order valence-electron chi connectivity index (χ0n) is 24.0. The first kappa shape index (κ1) is 30.4. The van der Waals surface area contributed by atoms with Gasteiger partial charge >= 0.3 is 0 Å². The summed E-state index contributed by atoms with van der Waals surface area (Å²) in [6.07, 6.45) is 2.44. The third-order valence-electron chi connectivity index (χ3n) is 6.54. The normalized spacial score (nSPS) is 13.8. The Morgan fingerprint density at radius 1 is 0.833 bits per heavy atom. The first-order chi connectivity index (χ1) is 20.2. The van der Waals surface area contributed by atoms with E-state index in [1.807, 2.05) is 58.0 Å². The van der Waals surface area contributed by atoms with Crippen LogP contribution in [0.25, 0.3) is 6.08 Å². The molecule has 0 unspecified atom stereocenters. The van der Waals surface area contributed by atoms with Crippen LogP contribution < -0.4 is 20.1 Å². The Balaban J connectivity index is 1.39. The summed E-state index contributed by atoms with van der Waals surface area (Å²) >= 11 is 0.764. The van der Waals surface area contributed by atoms with Crippen LogP contribution in [-0.4, -0.2) is 47.6 Å². The number of carbonyl (C=O) groups excluding carboxylic acids is 4. The van der Waals surface area contributed by atoms with Gasteiger partial charge < -0.3 is 20.1 Å². The lowest BCUT2D eigenvalue weighted by Crippen LogP contribution is -2.36. The quantitative estimate of drug-likeness (QED) is 0.266. The minimum Gasteiger partial charge on any atom is -0.490 e. The van der Waals surface area contributed by atoms with E-state index >= 15 is 0 Å². The van der Waals surface area contributed by atoms with Crippen LogP contribution in [0.4, 0.5) is 16.2 Å². The molecule has 0 bridgehead atoms. The average Bonchev–Trinajstić information content (AvgIpc) is 3.22. The molecule has 3 aromatic rings. The van der Waals surface area contributed by atoms with Crippen LogP contribution in [0.3, 0.4) is 0 Å². The van der Waals surface area contributed by atoms with E-state index in [0.717, 1.165) is 39.8 Å². The Hall–Kier alpha value is -4.57. The smallest absolute Gasteiger partial charge is 0.294 e. The summed E-state index contributed by atoms with van der Waals surface area (Å²) in [5.41, 5.74) is 5.21. The summed E-state index contributed by atoms with van der Waals surface area (Å²) in [4.78, 5) is 51.6. The first-order valence-electron chi connectivity index (χ1n) is 13.6. The molecule has 2 N–H and O–H groups in total. The molecule has 4 amide bonds. The highest BCUT2D eigenvalue weighted by atomic mass is 32.2. The number of nitrogens with zero attached hydrogens (tertiary/aromatic N) is 1. The lowest BCUT2D eigenvalue weighted by Gasteiger charge is -2.13. The number of hydrogen-bond acceptors (Lipinski definition) is 7. The Morgan fingerprint density at radius 2 is 1.55 bits per heavy atom. The molecular formula is C32H33N3O6S. The molecule has 1 heterocycles. The second-order valence-electron chi connectivity index (χ2n) is 9.64. The molecule has 1 saturated heterocycles. The molecule has 10 heteroatoms. The molecule has 0 atom stereocenters. The fraction of sp³-hybridized carbons (Fsp3) is 0.250. The molecule has 0 spiro atoms. The number of imide groups is 1. The highest BCUT2D eigenvalue weighted by Gasteiger charge is 2.36. The molecule has 0 aliphatic carbocycles. The van der Waals surface area contributed by atoms with Gasteiger partial charge in [0.05, 0.1) is 11.5 Å². The number of carbonyl (C=O) groups is 4. The second-order valence-corrected chi connectivity index (χ2v) is 10.6. The first-order valence-corrected chi connectivity index (χ1v) is 14.4. The van der Waals surface area contributed by atoms with Gasteiger partial charge in [-0.2, -0.15) is 0 Å². The topological polar surface area (TPSA) is 114 Å². The van der Waals surface area contributed by atoms with Crippen molar-refractivity contribution in [1.29, 1.82) is 0 Å². The number of ether oxygens (including phenoxy) is 2. The van der Waals surface area contributed by atoms with Gasteiger partial charge in [-0.05, 0) is 104 Å². The van der Waals surface area contributed by atoms with Crippen molar-refractivity contribution < 1.29 is 28.7 Å². The number of hydrogen-bond donors (Lipinski definition) is 2. The molecule has 1 fully saturated rings. The largest absolute Gasteiger partial charge is 0.490 e. The SMILES string of the molecule is CCOc1cc(/C=C2/SC(=O)N(CC(=O)Nc3ccc(CC)cc3)C2=O)ccc1OCC(=O)Nc1ccc(C)c(C)c1. The molecule has 0 aromatic heterocycles. The second kappa shape index (κ2) is 13.9. The van der Waals surface area contributed by atoms with Crippen molar-refractivity contribution in [1.82, 2.24) is 4.90 Å². The molecule has 0 saturated carbocycles. The van der Waals surface area contributed by atoms with Crippen LogP contribution in [0, 0.1) is 13.8 Å². The monoisotopic (exact) mass is 587 g/mol. The summed E-state index contributed by atoms with van der Waals surface area (Å²) < 4.78 is 11.4. The number of rotatable bonds is 11. The van der Waals surface area contributed by atoms with E-state index in [4.69, 9.17) is 9.47 Å². The van der Waals surface area contributed by atoms with Crippen LogP contribution in [0.1, 0.15) is 36.1 Å². The molecule has 9 nitrogen and oxygen atoms in total. The van der Waals surface area contributed by atoms with Crippen molar-refractivity contribution in [2.75, 3.05) is 30.4 Å². The molecule has 4 rings (SSSR count). The predicted molar refractivity (Wildman–Crippen MR) is 165 cm³/mol. The van der Waals surface area contributed by atoms with Gasteiger partial charge in [-0.25, -0.2) is 0 Å². The van der Waals surface area contributed by atoms with Crippen molar-refractivity contribution >= 4 is 52.2 Å². The van der Waals surface area contributed by atoms with Gasteiger partial charge in [-0.15, -0.1) is 0 Å². The van der Waals surface area contributed by atoms with Crippen LogP contribution in [0.2, 0.25) is 0 Å². The fourth-order valence-electron chi connectivity index (χ4n) is 4.12. The van der Waals surface area contributed by atoms with Crippen LogP contribution in [0.15, 0.2) is 65.6 Å². The number of amides is 4. The Labute approximate surface area is 249 Å². The summed E-state index contributed by atoms with van der Waals surface area (Å²) in [5, 5.41) is 5.01. The molecule has 1 aliphatic heterocycles. The lowest BCUT2D eigenvalue weighted by atomic mass is 10.1. The van der Waals surface area contributed by atoms with Crippen LogP contribution in [0.5, 0.6) is 11.5 Å². The van der Waals surface area contributed by atoms with E-state index in [1.165, 1.54) is 0 Å². The number of anilines is 2. The number of thioether (sulfide) groups is 1. The van der Waals surface area contributed by atoms with Crippen LogP contribution in [-0.2, 0) is 20.8 Å². The summed E-state index contributed by atoms with van der Waals surface area (Å²) in [6, 6.07) is 18.1. The van der Waals surface area contributed by atoms with Gasteiger partial charge in [0.1, 0.15) is 6.54 Å². The molecule has 0 radical (unpaired) electrons. The third-order valence-corrected chi connectivity index (χ3v) is 7.44. The average molecular weight is 588 g/mol. The fourth-order valence-corrected chi connectivity index (χ4v) is 4.96. The molecule has 3 aromatic carbocycles. The third kappa shape index (κ3) is 7.79. The molecule has 1 aliphatic rings. The van der Waals surface area contributed by atoms with Crippen molar-refractivity contribution in [3.05, 3.63) is 87.8 Å². The van der Waals surface area contributed by atoms with Gasteiger partial charge in [0.15, 0.2) is 18.1 Å². The maximum Gasteiger partial charge on any atom is 0.294 e. The van der Waals surface area contributed by atoms with E-state index in [-0.39, 0.29) is 17.4 Å². The van der Waals surface area contributed by atoms with Gasteiger partial charge in [0.2, 0.25) is 5.91 Å². The van der Waals surface area contributed by atoms with Crippen molar-refractivity contribution in [2.45, 2.75) is 34.1 Å². The zero-order chi connectivity index (χ0) is 30.2.